The van der Waals surface area contributed by atoms with Crippen molar-refractivity contribution >= 4 is 11.6 Å². The number of hydrogen-bond acceptors (Lipinski definition) is 3. The first kappa shape index (κ1) is 11.0. The largest absolute Gasteiger partial charge is 0.389 e. The molecule has 98 valence electrons. The first-order valence-electron chi connectivity index (χ1n) is 6.82. The molecule has 1 saturated heterocycles. The summed E-state index contributed by atoms with van der Waals surface area (Å²) in [6, 6.07) is 10.5. The minimum absolute atomic E-state index is 0.0675. The molecule has 2 fully saturated rings. The second kappa shape index (κ2) is 3.83. The van der Waals surface area contributed by atoms with Gasteiger partial charge in [-0.15, -0.1) is 0 Å². The fraction of sp³-hybridized carbons (Fsp3) is 0.467. The molecule has 1 aromatic rings. The number of rotatable bonds is 1. The van der Waals surface area contributed by atoms with Gasteiger partial charge in [0.2, 0.25) is 5.91 Å². The van der Waals surface area contributed by atoms with Gasteiger partial charge < -0.3 is 9.74 Å². The van der Waals surface area contributed by atoms with Gasteiger partial charge in [-0.3, -0.25) is 4.79 Å². The third-order valence-electron chi connectivity index (χ3n) is 4.68. The molecule has 4 rings (SSSR count). The number of piperidine rings is 1. The quantitative estimate of drug-likeness (QED) is 0.766. The number of likely N-dealkylation sites (tertiary alicyclic amines) is 1. The van der Waals surface area contributed by atoms with Gasteiger partial charge in [-0.1, -0.05) is 35.5 Å². The van der Waals surface area contributed by atoms with E-state index in [0.29, 0.717) is 11.8 Å². The molecule has 19 heavy (non-hydrogen) atoms. The first-order valence-corrected chi connectivity index (χ1v) is 6.82. The summed E-state index contributed by atoms with van der Waals surface area (Å²) in [6.45, 7) is 2.50. The van der Waals surface area contributed by atoms with Gasteiger partial charge in [-0.2, -0.15) is 0 Å². The van der Waals surface area contributed by atoms with Crippen LogP contribution in [-0.2, 0) is 9.63 Å². The summed E-state index contributed by atoms with van der Waals surface area (Å²) in [6.07, 6.45) is 1.12. The van der Waals surface area contributed by atoms with E-state index in [9.17, 15) is 4.79 Å². The zero-order valence-electron chi connectivity index (χ0n) is 10.8. The topological polar surface area (TPSA) is 41.9 Å². The Hall–Kier alpha value is -1.84. The molecule has 2 bridgehead atoms. The monoisotopic (exact) mass is 256 g/mol. The fourth-order valence-electron chi connectivity index (χ4n) is 3.89. The highest BCUT2D eigenvalue weighted by Gasteiger charge is 2.58. The van der Waals surface area contributed by atoms with E-state index >= 15 is 0 Å². The van der Waals surface area contributed by atoms with E-state index in [1.165, 1.54) is 0 Å². The van der Waals surface area contributed by atoms with Gasteiger partial charge in [-0.05, 0) is 17.9 Å². The lowest BCUT2D eigenvalue weighted by Gasteiger charge is -2.32. The first-order chi connectivity index (χ1) is 9.25. The fourth-order valence-corrected chi connectivity index (χ4v) is 3.89. The van der Waals surface area contributed by atoms with Crippen LogP contribution in [0.3, 0.4) is 0 Å². The molecule has 1 aliphatic carbocycles. The van der Waals surface area contributed by atoms with Gasteiger partial charge in [0.05, 0.1) is 17.7 Å². The number of hydrogen-bond donors (Lipinski definition) is 0. The summed E-state index contributed by atoms with van der Waals surface area (Å²) in [5.41, 5.74) is 2.22. The molecule has 0 radical (unpaired) electrons. The molecule has 0 spiro atoms. The number of carbonyl (C=O) groups is 1. The van der Waals surface area contributed by atoms with Crippen LogP contribution in [0, 0.1) is 11.8 Å². The van der Waals surface area contributed by atoms with Gasteiger partial charge in [0, 0.05) is 13.5 Å². The maximum Gasteiger partial charge on any atom is 0.219 e. The van der Waals surface area contributed by atoms with Crippen LogP contribution in [0.15, 0.2) is 35.5 Å². The zero-order chi connectivity index (χ0) is 13.0. The molecule has 0 N–H and O–H groups in total. The van der Waals surface area contributed by atoms with Gasteiger partial charge in [-0.25, -0.2) is 0 Å². The van der Waals surface area contributed by atoms with Gasteiger partial charge in [0.15, 0.2) is 6.10 Å². The summed E-state index contributed by atoms with van der Waals surface area (Å²) in [5, 5.41) is 4.30. The number of fused-ring (bicyclic) bond motifs is 5. The van der Waals surface area contributed by atoms with Crippen LogP contribution >= 0.6 is 0 Å². The van der Waals surface area contributed by atoms with E-state index in [4.69, 9.17) is 4.84 Å². The summed E-state index contributed by atoms with van der Waals surface area (Å²) in [5.74, 6) is 1.02. The molecule has 4 heteroatoms. The average molecular weight is 256 g/mol. The van der Waals surface area contributed by atoms with Crippen LogP contribution in [0.4, 0.5) is 0 Å². The van der Waals surface area contributed by atoms with Crippen molar-refractivity contribution in [1.29, 1.82) is 0 Å². The predicted octanol–water partition coefficient (Wildman–Crippen LogP) is 1.66. The van der Waals surface area contributed by atoms with Crippen molar-refractivity contribution in [3.8, 4) is 0 Å². The third kappa shape index (κ3) is 1.46. The van der Waals surface area contributed by atoms with Gasteiger partial charge in [0.25, 0.3) is 0 Å². The Bertz CT molecular complexity index is 555. The third-order valence-corrected chi connectivity index (χ3v) is 4.68. The number of nitrogens with zero attached hydrogens (tertiary/aromatic N) is 2. The number of benzene rings is 1. The molecular weight excluding hydrogens is 240 g/mol. The van der Waals surface area contributed by atoms with E-state index in [1.807, 2.05) is 23.1 Å². The Morgan fingerprint density at radius 2 is 2.16 bits per heavy atom. The van der Waals surface area contributed by atoms with Crippen molar-refractivity contribution < 1.29 is 9.63 Å². The lowest BCUT2D eigenvalue weighted by molar-refractivity contribution is -0.134. The number of carbonyl (C=O) groups excluding carboxylic acids is 1. The van der Waals surface area contributed by atoms with E-state index in [0.717, 1.165) is 24.2 Å². The summed E-state index contributed by atoms with van der Waals surface area (Å²) >= 11 is 0. The molecular formula is C15H16N2O2. The molecule has 3 aliphatic rings. The summed E-state index contributed by atoms with van der Waals surface area (Å²) in [4.78, 5) is 19.2. The van der Waals surface area contributed by atoms with Crippen LogP contribution in [0.25, 0.3) is 0 Å². The van der Waals surface area contributed by atoms with Crippen molar-refractivity contribution in [2.75, 3.05) is 6.54 Å². The predicted molar refractivity (Wildman–Crippen MR) is 70.6 cm³/mol. The standard InChI is InChI=1S/C15H16N2O2/c1-9(18)17-8-11-7-12(17)15-13(11)14(16-19-15)10-5-3-2-4-6-10/h2-6,11-13,15H,7-8H2,1H3. The minimum Gasteiger partial charge on any atom is -0.389 e. The maximum atomic E-state index is 11.6. The van der Waals surface area contributed by atoms with E-state index in [1.54, 1.807) is 6.92 Å². The highest BCUT2D eigenvalue weighted by Crippen LogP contribution is 2.48. The lowest BCUT2D eigenvalue weighted by atomic mass is 9.85. The Labute approximate surface area is 112 Å². The van der Waals surface area contributed by atoms with Crippen LogP contribution < -0.4 is 0 Å². The van der Waals surface area contributed by atoms with Crippen molar-refractivity contribution in [3.05, 3.63) is 35.9 Å². The van der Waals surface area contributed by atoms with Crippen LogP contribution in [0.1, 0.15) is 18.9 Å². The van der Waals surface area contributed by atoms with E-state index in [2.05, 4.69) is 17.3 Å². The van der Waals surface area contributed by atoms with Crippen LogP contribution in [-0.4, -0.2) is 35.2 Å². The molecule has 1 aromatic carbocycles. The molecule has 0 aromatic heterocycles. The normalized spacial score (nSPS) is 35.0. The Morgan fingerprint density at radius 1 is 1.37 bits per heavy atom. The second-order valence-electron chi connectivity index (χ2n) is 5.67. The molecule has 4 atom stereocenters. The zero-order valence-corrected chi connectivity index (χ0v) is 10.8. The van der Waals surface area contributed by atoms with Crippen molar-refractivity contribution in [1.82, 2.24) is 4.90 Å². The SMILES string of the molecule is CC(=O)N1CC2CC1C1ON=C(c3ccccc3)C21. The molecule has 2 aliphatic heterocycles. The maximum absolute atomic E-state index is 11.6. The Morgan fingerprint density at radius 3 is 2.89 bits per heavy atom. The van der Waals surface area contributed by atoms with E-state index in [-0.39, 0.29) is 18.1 Å². The lowest BCUT2D eigenvalue weighted by Crippen LogP contribution is -2.48. The molecule has 4 nitrogen and oxygen atoms in total. The minimum atomic E-state index is 0.0675. The van der Waals surface area contributed by atoms with Crippen LogP contribution in [0.2, 0.25) is 0 Å². The number of amides is 1. The smallest absolute Gasteiger partial charge is 0.219 e. The van der Waals surface area contributed by atoms with Crippen LogP contribution in [0.5, 0.6) is 0 Å². The molecule has 2 heterocycles. The van der Waals surface area contributed by atoms with Crippen molar-refractivity contribution in [3.63, 3.8) is 0 Å². The van der Waals surface area contributed by atoms with Gasteiger partial charge in [0.1, 0.15) is 0 Å². The summed E-state index contributed by atoms with van der Waals surface area (Å²) < 4.78 is 0. The molecule has 1 saturated carbocycles. The van der Waals surface area contributed by atoms with E-state index < -0.39 is 0 Å². The number of oxime groups is 1. The summed E-state index contributed by atoms with van der Waals surface area (Å²) in [7, 11) is 0. The highest BCUT2D eigenvalue weighted by molar-refractivity contribution is 6.03. The molecule has 4 unspecified atom stereocenters. The highest BCUT2D eigenvalue weighted by atomic mass is 16.6. The second-order valence-corrected chi connectivity index (χ2v) is 5.67. The van der Waals surface area contributed by atoms with Crippen molar-refractivity contribution in [2.24, 2.45) is 17.0 Å². The molecule has 1 amide bonds. The van der Waals surface area contributed by atoms with Gasteiger partial charge >= 0.3 is 0 Å². The Kier molecular flexibility index (Phi) is 2.22. The Balaban J connectivity index is 1.64. The van der Waals surface area contributed by atoms with Crippen molar-refractivity contribution in [2.45, 2.75) is 25.5 Å². The average Bonchev–Trinajstić information content (AvgIpc) is 3.11.